The molecule has 0 saturated carbocycles. The fraction of sp³-hybridized carbons (Fsp3) is 0.310. The molecule has 0 fully saturated rings. The SMILES string of the molecule is CCCCCCC(=O)NC(Cc1ccccc1)C(=O)Nc1ccccc1Cc1ccccc1. The number of rotatable bonds is 12. The van der Waals surface area contributed by atoms with E-state index in [0.29, 0.717) is 12.8 Å². The zero-order valence-electron chi connectivity index (χ0n) is 19.4. The van der Waals surface area contributed by atoms with Gasteiger partial charge in [0.2, 0.25) is 11.8 Å². The van der Waals surface area contributed by atoms with E-state index < -0.39 is 6.04 Å². The molecule has 0 radical (unpaired) electrons. The summed E-state index contributed by atoms with van der Waals surface area (Å²) in [5, 5.41) is 6.06. The molecular formula is C29H34N2O2. The largest absolute Gasteiger partial charge is 0.344 e. The normalized spacial score (nSPS) is 11.5. The maximum absolute atomic E-state index is 13.3. The van der Waals surface area contributed by atoms with Gasteiger partial charge in [0.15, 0.2) is 0 Å². The first-order valence-electron chi connectivity index (χ1n) is 11.9. The lowest BCUT2D eigenvalue weighted by atomic mass is 10.0. The van der Waals surface area contributed by atoms with Crippen LogP contribution in [0.3, 0.4) is 0 Å². The molecule has 0 spiro atoms. The number of carbonyl (C=O) groups is 2. The van der Waals surface area contributed by atoms with Gasteiger partial charge in [-0.05, 0) is 35.6 Å². The third-order valence-electron chi connectivity index (χ3n) is 5.70. The standard InChI is InChI=1S/C29H34N2O2/c1-2-3-4-11-20-28(32)30-27(22-24-16-9-6-10-17-24)29(33)31-26-19-13-12-18-25(26)21-23-14-7-5-8-15-23/h5-10,12-19,27H,2-4,11,20-22H2,1H3,(H,30,32)(H,31,33). The number of amides is 2. The van der Waals surface area contributed by atoms with Crippen LogP contribution in [-0.2, 0) is 22.4 Å². The molecule has 172 valence electrons. The van der Waals surface area contributed by atoms with Gasteiger partial charge in [-0.25, -0.2) is 0 Å². The van der Waals surface area contributed by atoms with E-state index in [1.807, 2.05) is 72.8 Å². The highest BCUT2D eigenvalue weighted by Gasteiger charge is 2.22. The first kappa shape index (κ1) is 24.2. The number of anilines is 1. The van der Waals surface area contributed by atoms with Gasteiger partial charge < -0.3 is 10.6 Å². The van der Waals surface area contributed by atoms with Crippen LogP contribution in [0.15, 0.2) is 84.9 Å². The number of hydrogen-bond acceptors (Lipinski definition) is 2. The van der Waals surface area contributed by atoms with Crippen molar-refractivity contribution >= 4 is 17.5 Å². The van der Waals surface area contributed by atoms with Crippen molar-refractivity contribution in [3.63, 3.8) is 0 Å². The number of nitrogens with one attached hydrogen (secondary N) is 2. The van der Waals surface area contributed by atoms with Crippen LogP contribution in [0.1, 0.15) is 55.7 Å². The molecule has 0 aliphatic heterocycles. The Kier molecular flexibility index (Phi) is 9.71. The number of benzene rings is 3. The quantitative estimate of drug-likeness (QED) is 0.342. The molecule has 0 aromatic heterocycles. The second kappa shape index (κ2) is 13.2. The second-order valence-corrected chi connectivity index (χ2v) is 8.43. The fourth-order valence-electron chi connectivity index (χ4n) is 3.87. The van der Waals surface area contributed by atoms with Crippen molar-refractivity contribution in [1.82, 2.24) is 5.32 Å². The lowest BCUT2D eigenvalue weighted by Crippen LogP contribution is -2.45. The summed E-state index contributed by atoms with van der Waals surface area (Å²) in [5.74, 6) is -0.263. The van der Waals surface area contributed by atoms with Crippen molar-refractivity contribution < 1.29 is 9.59 Å². The van der Waals surface area contributed by atoms with E-state index in [1.165, 1.54) is 5.56 Å². The van der Waals surface area contributed by atoms with Crippen molar-refractivity contribution in [3.8, 4) is 0 Å². The van der Waals surface area contributed by atoms with Crippen molar-refractivity contribution in [1.29, 1.82) is 0 Å². The molecule has 33 heavy (non-hydrogen) atoms. The zero-order chi connectivity index (χ0) is 23.3. The van der Waals surface area contributed by atoms with Crippen LogP contribution in [0.4, 0.5) is 5.69 Å². The summed E-state index contributed by atoms with van der Waals surface area (Å²) < 4.78 is 0. The van der Waals surface area contributed by atoms with Crippen LogP contribution >= 0.6 is 0 Å². The molecule has 0 aliphatic carbocycles. The lowest BCUT2D eigenvalue weighted by Gasteiger charge is -2.20. The van der Waals surface area contributed by atoms with Gasteiger partial charge in [-0.2, -0.15) is 0 Å². The summed E-state index contributed by atoms with van der Waals surface area (Å²) in [6.45, 7) is 2.15. The molecule has 3 rings (SSSR count). The lowest BCUT2D eigenvalue weighted by molar-refractivity contribution is -0.126. The van der Waals surface area contributed by atoms with Crippen LogP contribution in [0.5, 0.6) is 0 Å². The zero-order valence-corrected chi connectivity index (χ0v) is 19.4. The molecule has 1 unspecified atom stereocenters. The molecule has 0 bridgehead atoms. The van der Waals surface area contributed by atoms with Gasteiger partial charge in [-0.3, -0.25) is 9.59 Å². The van der Waals surface area contributed by atoms with Crippen LogP contribution in [-0.4, -0.2) is 17.9 Å². The smallest absolute Gasteiger partial charge is 0.247 e. The third kappa shape index (κ3) is 8.23. The number of hydrogen-bond donors (Lipinski definition) is 2. The average Bonchev–Trinajstić information content (AvgIpc) is 2.84. The number of carbonyl (C=O) groups excluding carboxylic acids is 2. The van der Waals surface area contributed by atoms with Crippen LogP contribution in [0.2, 0.25) is 0 Å². The predicted molar refractivity (Wildman–Crippen MR) is 135 cm³/mol. The summed E-state index contributed by atoms with van der Waals surface area (Å²) in [4.78, 5) is 25.9. The van der Waals surface area contributed by atoms with E-state index in [0.717, 1.165) is 48.9 Å². The number of para-hydroxylation sites is 1. The Labute approximate surface area is 197 Å². The predicted octanol–water partition coefficient (Wildman–Crippen LogP) is 5.91. The topological polar surface area (TPSA) is 58.2 Å². The highest BCUT2D eigenvalue weighted by Crippen LogP contribution is 2.20. The molecular weight excluding hydrogens is 408 g/mol. The average molecular weight is 443 g/mol. The van der Waals surface area contributed by atoms with Crippen molar-refractivity contribution in [3.05, 3.63) is 102 Å². The minimum atomic E-state index is -0.629. The molecule has 4 heteroatoms. The van der Waals surface area contributed by atoms with Gasteiger partial charge in [-0.15, -0.1) is 0 Å². The van der Waals surface area contributed by atoms with Crippen LogP contribution in [0, 0.1) is 0 Å². The minimum Gasteiger partial charge on any atom is -0.344 e. The van der Waals surface area contributed by atoms with Crippen LogP contribution in [0.25, 0.3) is 0 Å². The second-order valence-electron chi connectivity index (χ2n) is 8.43. The van der Waals surface area contributed by atoms with Gasteiger partial charge in [0.25, 0.3) is 0 Å². The third-order valence-corrected chi connectivity index (χ3v) is 5.70. The highest BCUT2D eigenvalue weighted by atomic mass is 16.2. The van der Waals surface area contributed by atoms with Crippen molar-refractivity contribution in [2.75, 3.05) is 5.32 Å². The Balaban J connectivity index is 1.71. The van der Waals surface area contributed by atoms with E-state index in [9.17, 15) is 9.59 Å². The Bertz CT molecular complexity index is 1000. The Morgan fingerprint density at radius 1 is 0.758 bits per heavy atom. The molecule has 0 aliphatic rings. The first-order valence-corrected chi connectivity index (χ1v) is 11.9. The van der Waals surface area contributed by atoms with Gasteiger partial charge in [0.05, 0.1) is 0 Å². The maximum atomic E-state index is 13.3. The summed E-state index contributed by atoms with van der Waals surface area (Å²) in [7, 11) is 0. The molecule has 2 amide bonds. The van der Waals surface area contributed by atoms with Gasteiger partial charge >= 0.3 is 0 Å². The van der Waals surface area contributed by atoms with E-state index in [1.54, 1.807) is 0 Å². The van der Waals surface area contributed by atoms with Crippen molar-refractivity contribution in [2.24, 2.45) is 0 Å². The van der Waals surface area contributed by atoms with Gasteiger partial charge in [0, 0.05) is 18.5 Å². The fourth-order valence-corrected chi connectivity index (χ4v) is 3.87. The molecule has 0 saturated heterocycles. The minimum absolute atomic E-state index is 0.0697. The molecule has 0 heterocycles. The monoisotopic (exact) mass is 442 g/mol. The van der Waals surface area contributed by atoms with Gasteiger partial charge in [0.1, 0.15) is 6.04 Å². The van der Waals surface area contributed by atoms with E-state index in [4.69, 9.17) is 0 Å². The summed E-state index contributed by atoms with van der Waals surface area (Å²) in [5.41, 5.74) is 4.02. The summed E-state index contributed by atoms with van der Waals surface area (Å²) in [6.07, 6.45) is 5.76. The van der Waals surface area contributed by atoms with Gasteiger partial charge in [-0.1, -0.05) is 105 Å². The Hall–Kier alpha value is -3.40. The van der Waals surface area contributed by atoms with Crippen LogP contribution < -0.4 is 10.6 Å². The maximum Gasteiger partial charge on any atom is 0.247 e. The van der Waals surface area contributed by atoms with E-state index >= 15 is 0 Å². The van der Waals surface area contributed by atoms with E-state index in [-0.39, 0.29) is 11.8 Å². The molecule has 1 atom stereocenters. The Morgan fingerprint density at radius 2 is 1.39 bits per heavy atom. The molecule has 3 aromatic rings. The summed E-state index contributed by atoms with van der Waals surface area (Å²) in [6, 6.07) is 27.2. The molecule has 3 aromatic carbocycles. The highest BCUT2D eigenvalue weighted by molar-refractivity contribution is 5.98. The van der Waals surface area contributed by atoms with Crippen molar-refractivity contribution in [2.45, 2.75) is 57.9 Å². The van der Waals surface area contributed by atoms with E-state index in [2.05, 4.69) is 29.7 Å². The summed E-state index contributed by atoms with van der Waals surface area (Å²) >= 11 is 0. The molecule has 2 N–H and O–H groups in total. The first-order chi connectivity index (χ1) is 16.2. The Morgan fingerprint density at radius 3 is 2.09 bits per heavy atom. The molecule has 4 nitrogen and oxygen atoms in total. The number of unbranched alkanes of at least 4 members (excludes halogenated alkanes) is 3.